The van der Waals surface area contributed by atoms with Crippen LogP contribution in [0.4, 0.5) is 0 Å². The van der Waals surface area contributed by atoms with Crippen molar-refractivity contribution in [1.29, 1.82) is 0 Å². The molecule has 0 aliphatic heterocycles. The quantitative estimate of drug-likeness (QED) is 0.593. The average Bonchev–Trinajstić information content (AvgIpc) is 3.04. The number of carbonyl (C=O) groups is 2. The van der Waals surface area contributed by atoms with Gasteiger partial charge in [-0.3, -0.25) is 14.6 Å². The maximum Gasteiger partial charge on any atom is 0.257 e. The maximum atomic E-state index is 13.0. The van der Waals surface area contributed by atoms with Gasteiger partial charge in [0, 0.05) is 25.7 Å². The summed E-state index contributed by atoms with van der Waals surface area (Å²) in [6.07, 6.45) is 6.27. The van der Waals surface area contributed by atoms with Crippen LogP contribution in [0.15, 0.2) is 34.9 Å². The molecule has 2 amide bonds. The third kappa shape index (κ3) is 6.83. The summed E-state index contributed by atoms with van der Waals surface area (Å²) < 4.78 is 5.51. The summed E-state index contributed by atoms with van der Waals surface area (Å²) >= 11 is 0. The van der Waals surface area contributed by atoms with Gasteiger partial charge in [0.25, 0.3) is 5.91 Å². The highest BCUT2D eigenvalue weighted by atomic mass is 16.3. The molecule has 152 valence electrons. The number of unbranched alkanes of at least 4 members (excludes halogenated alkanes) is 3. The number of carbonyl (C=O) groups excluding carboxylic acids is 2. The van der Waals surface area contributed by atoms with Crippen LogP contribution in [0.25, 0.3) is 0 Å². The normalized spacial score (nSPS) is 10.7. The van der Waals surface area contributed by atoms with Crippen LogP contribution in [0, 0.1) is 13.8 Å². The van der Waals surface area contributed by atoms with E-state index >= 15 is 0 Å². The second kappa shape index (κ2) is 11.3. The average molecular weight is 386 g/mol. The molecule has 6 heteroatoms. The van der Waals surface area contributed by atoms with Crippen LogP contribution >= 0.6 is 0 Å². The fourth-order valence-corrected chi connectivity index (χ4v) is 3.07. The predicted molar refractivity (Wildman–Crippen MR) is 109 cm³/mol. The molecule has 6 nitrogen and oxygen atoms in total. The van der Waals surface area contributed by atoms with Crippen molar-refractivity contribution in [2.24, 2.45) is 0 Å². The van der Waals surface area contributed by atoms with Gasteiger partial charge in [0.1, 0.15) is 11.5 Å². The molecule has 2 rings (SSSR count). The first-order valence-corrected chi connectivity index (χ1v) is 10.0. The molecule has 0 atom stereocenters. The number of aromatic nitrogens is 1. The van der Waals surface area contributed by atoms with E-state index < -0.39 is 0 Å². The number of nitrogens with zero attached hydrogens (tertiary/aromatic N) is 2. The minimum Gasteiger partial charge on any atom is -0.466 e. The van der Waals surface area contributed by atoms with Crippen LogP contribution in [0.5, 0.6) is 0 Å². The minimum atomic E-state index is -0.0860. The fraction of sp³-hybridized carbons (Fsp3) is 0.500. The molecular weight excluding hydrogens is 354 g/mol. The van der Waals surface area contributed by atoms with E-state index in [2.05, 4.69) is 17.2 Å². The summed E-state index contributed by atoms with van der Waals surface area (Å²) in [6.45, 7) is 7.23. The molecule has 1 N–H and O–H groups in total. The van der Waals surface area contributed by atoms with E-state index in [1.807, 2.05) is 25.1 Å². The lowest BCUT2D eigenvalue weighted by molar-refractivity contribution is -0.121. The highest BCUT2D eigenvalue weighted by Gasteiger charge is 2.21. The second-order valence-corrected chi connectivity index (χ2v) is 7.03. The molecular formula is C22H31N3O3. The first-order valence-electron chi connectivity index (χ1n) is 10.0. The van der Waals surface area contributed by atoms with Crippen molar-refractivity contribution in [2.45, 2.75) is 59.4 Å². The Hall–Kier alpha value is -2.63. The molecule has 0 aromatic carbocycles. The number of nitrogens with one attached hydrogen (secondary N) is 1. The lowest BCUT2D eigenvalue weighted by Gasteiger charge is -2.22. The van der Waals surface area contributed by atoms with Crippen molar-refractivity contribution in [3.8, 4) is 0 Å². The highest BCUT2D eigenvalue weighted by Crippen LogP contribution is 2.17. The maximum absolute atomic E-state index is 13.0. The Morgan fingerprint density at radius 1 is 1.14 bits per heavy atom. The van der Waals surface area contributed by atoms with Gasteiger partial charge in [0.2, 0.25) is 5.91 Å². The molecule has 0 radical (unpaired) electrons. The summed E-state index contributed by atoms with van der Waals surface area (Å²) in [4.78, 5) is 31.2. The molecule has 0 aliphatic carbocycles. The third-order valence-electron chi connectivity index (χ3n) is 4.64. The summed E-state index contributed by atoms with van der Waals surface area (Å²) in [7, 11) is 0. The molecule has 0 fully saturated rings. The number of hydrogen-bond acceptors (Lipinski definition) is 4. The zero-order chi connectivity index (χ0) is 20.4. The molecule has 28 heavy (non-hydrogen) atoms. The lowest BCUT2D eigenvalue weighted by atomic mass is 10.1. The molecule has 0 bridgehead atoms. The Bertz CT molecular complexity index is 756. The van der Waals surface area contributed by atoms with Gasteiger partial charge in [-0.1, -0.05) is 32.3 Å². The number of amides is 2. The van der Waals surface area contributed by atoms with Gasteiger partial charge in [-0.25, -0.2) is 0 Å². The molecule has 2 aromatic rings. The Morgan fingerprint density at radius 3 is 2.61 bits per heavy atom. The van der Waals surface area contributed by atoms with E-state index in [0.29, 0.717) is 31.0 Å². The van der Waals surface area contributed by atoms with Crippen LogP contribution in [-0.4, -0.2) is 34.8 Å². The zero-order valence-corrected chi connectivity index (χ0v) is 17.2. The van der Waals surface area contributed by atoms with Crippen molar-refractivity contribution in [1.82, 2.24) is 15.2 Å². The monoisotopic (exact) mass is 385 g/mol. The van der Waals surface area contributed by atoms with E-state index in [-0.39, 0.29) is 18.2 Å². The summed E-state index contributed by atoms with van der Waals surface area (Å²) in [5.74, 6) is 1.20. The zero-order valence-electron chi connectivity index (χ0n) is 17.2. The largest absolute Gasteiger partial charge is 0.466 e. The molecule has 0 aliphatic rings. The van der Waals surface area contributed by atoms with Gasteiger partial charge >= 0.3 is 0 Å². The summed E-state index contributed by atoms with van der Waals surface area (Å²) in [5, 5.41) is 2.87. The number of furan rings is 1. The van der Waals surface area contributed by atoms with Crippen LogP contribution in [0.1, 0.15) is 66.6 Å². The van der Waals surface area contributed by atoms with Crippen molar-refractivity contribution in [3.05, 3.63) is 53.2 Å². The topological polar surface area (TPSA) is 75.4 Å². The van der Waals surface area contributed by atoms with E-state index in [1.54, 1.807) is 24.1 Å². The summed E-state index contributed by atoms with van der Waals surface area (Å²) in [6, 6.07) is 7.37. The molecule has 2 heterocycles. The predicted octanol–water partition coefficient (Wildman–Crippen LogP) is 4.02. The Balaban J connectivity index is 1.91. The van der Waals surface area contributed by atoms with E-state index in [0.717, 1.165) is 37.1 Å². The van der Waals surface area contributed by atoms with Crippen LogP contribution in [0.3, 0.4) is 0 Å². The van der Waals surface area contributed by atoms with Gasteiger partial charge in [-0.15, -0.1) is 0 Å². The first kappa shape index (κ1) is 21.7. The van der Waals surface area contributed by atoms with Crippen molar-refractivity contribution < 1.29 is 14.0 Å². The highest BCUT2D eigenvalue weighted by molar-refractivity contribution is 5.95. The van der Waals surface area contributed by atoms with E-state index in [4.69, 9.17) is 4.42 Å². The van der Waals surface area contributed by atoms with Gasteiger partial charge in [0.05, 0.1) is 17.8 Å². The Labute approximate surface area is 167 Å². The second-order valence-electron chi connectivity index (χ2n) is 7.03. The first-order chi connectivity index (χ1) is 13.5. The van der Waals surface area contributed by atoms with Gasteiger partial charge in [-0.05, 0) is 38.5 Å². The summed E-state index contributed by atoms with van der Waals surface area (Å²) in [5.41, 5.74) is 1.40. The van der Waals surface area contributed by atoms with Crippen molar-refractivity contribution in [3.63, 3.8) is 0 Å². The SMILES string of the molecule is CCCCCCN(CCC(=O)NCc1ccccn1)C(=O)c1cc(C)oc1C. The number of hydrogen-bond donors (Lipinski definition) is 1. The molecule has 0 saturated carbocycles. The van der Waals surface area contributed by atoms with Crippen LogP contribution < -0.4 is 5.32 Å². The number of aryl methyl sites for hydroxylation is 2. The molecule has 2 aromatic heterocycles. The fourth-order valence-electron chi connectivity index (χ4n) is 3.07. The lowest BCUT2D eigenvalue weighted by Crippen LogP contribution is -2.36. The smallest absolute Gasteiger partial charge is 0.257 e. The Kier molecular flexibility index (Phi) is 8.72. The van der Waals surface area contributed by atoms with E-state index in [9.17, 15) is 9.59 Å². The third-order valence-corrected chi connectivity index (χ3v) is 4.64. The van der Waals surface area contributed by atoms with E-state index in [1.165, 1.54) is 0 Å². The number of pyridine rings is 1. The van der Waals surface area contributed by atoms with Crippen molar-refractivity contribution >= 4 is 11.8 Å². The van der Waals surface area contributed by atoms with Gasteiger partial charge in [-0.2, -0.15) is 0 Å². The molecule has 0 unspecified atom stereocenters. The molecule has 0 spiro atoms. The van der Waals surface area contributed by atoms with Gasteiger partial charge in [0.15, 0.2) is 0 Å². The standard InChI is InChI=1S/C22H31N3O3/c1-4-5-6-9-13-25(22(27)20-15-17(2)28-18(20)3)14-11-21(26)24-16-19-10-7-8-12-23-19/h7-8,10,12,15H,4-6,9,11,13-14,16H2,1-3H3,(H,24,26). The van der Waals surface area contributed by atoms with Crippen LogP contribution in [0.2, 0.25) is 0 Å². The number of rotatable bonds is 11. The Morgan fingerprint density at radius 2 is 1.96 bits per heavy atom. The molecule has 0 saturated heterocycles. The minimum absolute atomic E-state index is 0.0663. The van der Waals surface area contributed by atoms with Crippen LogP contribution in [-0.2, 0) is 11.3 Å². The van der Waals surface area contributed by atoms with Crippen molar-refractivity contribution in [2.75, 3.05) is 13.1 Å². The van der Waals surface area contributed by atoms with Gasteiger partial charge < -0.3 is 14.6 Å².